The van der Waals surface area contributed by atoms with Gasteiger partial charge in [0.25, 0.3) is 0 Å². The van der Waals surface area contributed by atoms with E-state index in [2.05, 4.69) is 66.7 Å². The zero-order valence-corrected chi connectivity index (χ0v) is 29.8. The van der Waals surface area contributed by atoms with Crippen LogP contribution in [0.2, 0.25) is 0 Å². The molecule has 0 spiro atoms. The van der Waals surface area contributed by atoms with Crippen molar-refractivity contribution in [1.29, 1.82) is 0 Å². The van der Waals surface area contributed by atoms with Gasteiger partial charge < -0.3 is 9.47 Å². The van der Waals surface area contributed by atoms with Gasteiger partial charge in [-0.05, 0) is 134 Å². The molecule has 0 aliphatic heterocycles. The molecule has 4 aliphatic rings. The maximum absolute atomic E-state index is 12.4. The molecule has 3 heteroatoms. The van der Waals surface area contributed by atoms with Gasteiger partial charge in [-0.25, -0.2) is 4.79 Å². The highest BCUT2D eigenvalue weighted by Gasteiger charge is 2.59. The summed E-state index contributed by atoms with van der Waals surface area (Å²) in [6.45, 7) is 17.6. The van der Waals surface area contributed by atoms with E-state index in [9.17, 15) is 4.79 Å². The maximum atomic E-state index is 12.4. The number of ether oxygens (including phenoxy) is 2. The van der Waals surface area contributed by atoms with Crippen molar-refractivity contribution >= 4 is 5.97 Å². The number of rotatable bonds is 13. The summed E-state index contributed by atoms with van der Waals surface area (Å²) in [6, 6.07) is 7.62. The molecule has 3 saturated carbocycles. The summed E-state index contributed by atoms with van der Waals surface area (Å²) in [7, 11) is 0. The third-order valence-electron chi connectivity index (χ3n) is 13.4. The SMILES string of the molecule is CCCCCCOC(=O)c1ccc(O[C@H]2CC[C@@]3(C)C(=CC[C@H]4[C@@H]5CC[C@H]([C@H](C)/C=C/[C@@H](CC)C(C)C)[C@@]5(C)CC[C@@H]43)C2)cc1. The van der Waals surface area contributed by atoms with Crippen molar-refractivity contribution in [3.63, 3.8) is 0 Å². The minimum absolute atomic E-state index is 0.215. The van der Waals surface area contributed by atoms with E-state index < -0.39 is 0 Å². The molecule has 4 aliphatic carbocycles. The molecule has 1 aromatic rings. The Morgan fingerprint density at radius 2 is 1.71 bits per heavy atom. The van der Waals surface area contributed by atoms with Gasteiger partial charge >= 0.3 is 5.97 Å². The minimum Gasteiger partial charge on any atom is -0.490 e. The lowest BCUT2D eigenvalue weighted by atomic mass is 9.47. The molecule has 45 heavy (non-hydrogen) atoms. The Balaban J connectivity index is 1.18. The predicted octanol–water partition coefficient (Wildman–Crippen LogP) is 11.6. The van der Waals surface area contributed by atoms with Gasteiger partial charge in [0.15, 0.2) is 0 Å². The quantitative estimate of drug-likeness (QED) is 0.126. The van der Waals surface area contributed by atoms with Crippen molar-refractivity contribution in [1.82, 2.24) is 0 Å². The van der Waals surface area contributed by atoms with Crippen LogP contribution in [0.15, 0.2) is 48.1 Å². The van der Waals surface area contributed by atoms with Crippen LogP contribution in [0.1, 0.15) is 142 Å². The molecule has 5 rings (SSSR count). The standard InChI is InChI=1S/C42H64O3/c1-8-10-11-12-27-44-40(43)32-15-18-34(19-16-32)45-35-23-25-41(6)33(28-35)17-20-36-38-22-21-37(42(38,7)26-24-39(36)41)30(5)13-14-31(9-2)29(3)4/h13-19,29-31,35-39H,8-12,20-28H2,1-7H3/b14-13+/t30-,31-,35+,36+,37-,38+,39+,41+,42-/m1/s1. The Morgan fingerprint density at radius 3 is 2.42 bits per heavy atom. The lowest BCUT2D eigenvalue weighted by Crippen LogP contribution is -2.51. The third-order valence-corrected chi connectivity index (χ3v) is 13.4. The van der Waals surface area contributed by atoms with Gasteiger partial charge in [0.1, 0.15) is 11.9 Å². The van der Waals surface area contributed by atoms with Crippen LogP contribution < -0.4 is 4.74 Å². The van der Waals surface area contributed by atoms with Crippen LogP contribution in [0.4, 0.5) is 0 Å². The molecular formula is C42H64O3. The van der Waals surface area contributed by atoms with E-state index in [4.69, 9.17) is 9.47 Å². The first kappa shape index (κ1) is 34.3. The number of allylic oxidation sites excluding steroid dienone is 3. The molecule has 0 bridgehead atoms. The fourth-order valence-corrected chi connectivity index (χ4v) is 10.6. The Morgan fingerprint density at radius 1 is 0.933 bits per heavy atom. The number of hydrogen-bond acceptors (Lipinski definition) is 3. The second kappa shape index (κ2) is 14.8. The van der Waals surface area contributed by atoms with Gasteiger partial charge in [0.05, 0.1) is 12.2 Å². The van der Waals surface area contributed by atoms with Crippen LogP contribution in [0.3, 0.4) is 0 Å². The number of carbonyl (C=O) groups is 1. The third kappa shape index (κ3) is 7.28. The van der Waals surface area contributed by atoms with Gasteiger partial charge in [-0.3, -0.25) is 0 Å². The van der Waals surface area contributed by atoms with Crippen molar-refractivity contribution in [3.8, 4) is 5.75 Å². The average molecular weight is 617 g/mol. The second-order valence-electron chi connectivity index (χ2n) is 16.3. The molecule has 9 atom stereocenters. The van der Waals surface area contributed by atoms with Crippen molar-refractivity contribution in [2.75, 3.05) is 6.61 Å². The monoisotopic (exact) mass is 616 g/mol. The molecule has 0 N–H and O–H groups in total. The normalized spacial score (nSPS) is 34.0. The molecule has 3 nitrogen and oxygen atoms in total. The largest absolute Gasteiger partial charge is 0.490 e. The van der Waals surface area contributed by atoms with E-state index in [1.54, 1.807) is 5.57 Å². The Hall–Kier alpha value is -2.03. The van der Waals surface area contributed by atoms with Crippen LogP contribution in [-0.2, 0) is 4.74 Å². The van der Waals surface area contributed by atoms with Crippen LogP contribution in [-0.4, -0.2) is 18.7 Å². The molecule has 250 valence electrons. The number of fused-ring (bicyclic) bond motifs is 5. The molecule has 0 saturated heterocycles. The first-order valence-electron chi connectivity index (χ1n) is 18.9. The van der Waals surface area contributed by atoms with Crippen LogP contribution in [0.5, 0.6) is 5.75 Å². The molecular weight excluding hydrogens is 552 g/mol. The summed E-state index contributed by atoms with van der Waals surface area (Å²) in [4.78, 5) is 12.4. The highest BCUT2D eigenvalue weighted by Crippen LogP contribution is 2.67. The van der Waals surface area contributed by atoms with Crippen molar-refractivity contribution in [2.24, 2.45) is 52.3 Å². The van der Waals surface area contributed by atoms with Crippen molar-refractivity contribution in [3.05, 3.63) is 53.6 Å². The fourth-order valence-electron chi connectivity index (χ4n) is 10.6. The first-order chi connectivity index (χ1) is 21.6. The van der Waals surface area contributed by atoms with E-state index in [1.807, 2.05) is 24.3 Å². The highest BCUT2D eigenvalue weighted by atomic mass is 16.5. The lowest BCUT2D eigenvalue weighted by molar-refractivity contribution is -0.0526. The van der Waals surface area contributed by atoms with Crippen LogP contribution in [0, 0.1) is 52.3 Å². The lowest BCUT2D eigenvalue weighted by Gasteiger charge is -2.58. The molecule has 0 unspecified atom stereocenters. The van der Waals surface area contributed by atoms with Gasteiger partial charge in [-0.15, -0.1) is 0 Å². The van der Waals surface area contributed by atoms with E-state index in [1.165, 1.54) is 57.8 Å². The van der Waals surface area contributed by atoms with Gasteiger partial charge in [-0.1, -0.05) is 91.5 Å². The van der Waals surface area contributed by atoms with Gasteiger partial charge in [0, 0.05) is 6.42 Å². The summed E-state index contributed by atoms with van der Waals surface area (Å²) >= 11 is 0. The highest BCUT2D eigenvalue weighted by molar-refractivity contribution is 5.89. The number of carbonyl (C=O) groups excluding carboxylic acids is 1. The summed E-state index contributed by atoms with van der Waals surface area (Å²) in [6.07, 6.45) is 24.0. The van der Waals surface area contributed by atoms with Gasteiger partial charge in [-0.2, -0.15) is 0 Å². The zero-order chi connectivity index (χ0) is 32.2. The average Bonchev–Trinajstić information content (AvgIpc) is 3.39. The molecule has 1 aromatic carbocycles. The van der Waals surface area contributed by atoms with Gasteiger partial charge in [0.2, 0.25) is 0 Å². The molecule has 0 amide bonds. The minimum atomic E-state index is -0.229. The topological polar surface area (TPSA) is 35.5 Å². The second-order valence-corrected chi connectivity index (χ2v) is 16.3. The van der Waals surface area contributed by atoms with Crippen molar-refractivity contribution < 1.29 is 14.3 Å². The summed E-state index contributed by atoms with van der Waals surface area (Å²) in [5, 5.41) is 0. The Bertz CT molecular complexity index is 1180. The molecule has 0 heterocycles. The van der Waals surface area contributed by atoms with E-state index in [0.717, 1.165) is 61.0 Å². The predicted molar refractivity (Wildman–Crippen MR) is 187 cm³/mol. The molecule has 0 radical (unpaired) electrons. The van der Waals surface area contributed by atoms with Crippen LogP contribution in [0.25, 0.3) is 0 Å². The number of esters is 1. The fraction of sp³-hybridized carbons (Fsp3) is 0.738. The van der Waals surface area contributed by atoms with Crippen molar-refractivity contribution in [2.45, 2.75) is 138 Å². The number of benzene rings is 1. The number of unbranched alkanes of at least 4 members (excludes halogenated alkanes) is 3. The van der Waals surface area contributed by atoms with E-state index >= 15 is 0 Å². The summed E-state index contributed by atoms with van der Waals surface area (Å²) in [5.74, 6) is 6.11. The molecule has 3 fully saturated rings. The summed E-state index contributed by atoms with van der Waals surface area (Å²) in [5.41, 5.74) is 3.08. The zero-order valence-electron chi connectivity index (χ0n) is 29.8. The smallest absolute Gasteiger partial charge is 0.338 e. The van der Waals surface area contributed by atoms with E-state index in [-0.39, 0.29) is 12.1 Å². The van der Waals surface area contributed by atoms with E-state index in [0.29, 0.717) is 34.8 Å². The van der Waals surface area contributed by atoms with Crippen LogP contribution >= 0.6 is 0 Å². The first-order valence-corrected chi connectivity index (χ1v) is 18.9. The number of hydrogen-bond donors (Lipinski definition) is 0. The maximum Gasteiger partial charge on any atom is 0.338 e. The summed E-state index contributed by atoms with van der Waals surface area (Å²) < 4.78 is 12.0. The Labute approximate surface area is 276 Å². The molecule has 0 aromatic heterocycles. The Kier molecular flexibility index (Phi) is 11.3.